The smallest absolute Gasteiger partial charge is 0.227 e. The van der Waals surface area contributed by atoms with Crippen molar-refractivity contribution in [2.24, 2.45) is 5.92 Å². The van der Waals surface area contributed by atoms with Crippen LogP contribution in [0.25, 0.3) is 0 Å². The zero-order chi connectivity index (χ0) is 16.9. The van der Waals surface area contributed by atoms with Crippen molar-refractivity contribution in [3.05, 3.63) is 47.3 Å². The summed E-state index contributed by atoms with van der Waals surface area (Å²) < 4.78 is 5.36. The molecule has 1 N–H and O–H groups in total. The Labute approximate surface area is 143 Å². The van der Waals surface area contributed by atoms with E-state index in [0.29, 0.717) is 12.3 Å². The van der Waals surface area contributed by atoms with Gasteiger partial charge in [-0.15, -0.1) is 0 Å². The first-order valence-electron chi connectivity index (χ1n) is 8.56. The van der Waals surface area contributed by atoms with Gasteiger partial charge < -0.3 is 9.64 Å². The number of methoxy groups -OCH3 is 1. The number of aryl methyl sites for hydroxylation is 1. The van der Waals surface area contributed by atoms with Crippen LogP contribution in [0.3, 0.4) is 0 Å². The van der Waals surface area contributed by atoms with Crippen LogP contribution in [0, 0.1) is 12.8 Å². The van der Waals surface area contributed by atoms with Gasteiger partial charge in [0.05, 0.1) is 19.7 Å². The lowest BCUT2D eigenvalue weighted by Gasteiger charge is -2.33. The van der Waals surface area contributed by atoms with E-state index in [1.54, 1.807) is 7.11 Å². The second kappa shape index (κ2) is 7.51. The SMILES string of the molecule is COc1ccccc1CC(=O)N1CCC[C@@H](Cc2[nH]ncc2C)C1. The van der Waals surface area contributed by atoms with Crippen LogP contribution in [0.1, 0.15) is 29.7 Å². The second-order valence-electron chi connectivity index (χ2n) is 6.57. The van der Waals surface area contributed by atoms with Gasteiger partial charge in [-0.25, -0.2) is 0 Å². The van der Waals surface area contributed by atoms with Gasteiger partial charge in [-0.1, -0.05) is 18.2 Å². The maximum atomic E-state index is 12.7. The normalized spacial score (nSPS) is 17.8. The van der Waals surface area contributed by atoms with Crippen LogP contribution in [0.4, 0.5) is 0 Å². The molecule has 1 fully saturated rings. The van der Waals surface area contributed by atoms with E-state index >= 15 is 0 Å². The fourth-order valence-electron chi connectivity index (χ4n) is 3.45. The highest BCUT2D eigenvalue weighted by Crippen LogP contribution is 2.23. The molecule has 0 spiro atoms. The molecule has 5 nitrogen and oxygen atoms in total. The molecule has 1 aromatic heterocycles. The third-order valence-electron chi connectivity index (χ3n) is 4.83. The highest BCUT2D eigenvalue weighted by molar-refractivity contribution is 5.79. The summed E-state index contributed by atoms with van der Waals surface area (Å²) >= 11 is 0. The van der Waals surface area contributed by atoms with Crippen molar-refractivity contribution in [3.8, 4) is 5.75 Å². The van der Waals surface area contributed by atoms with Crippen LogP contribution in [0.5, 0.6) is 5.75 Å². The van der Waals surface area contributed by atoms with Crippen molar-refractivity contribution >= 4 is 5.91 Å². The predicted molar refractivity (Wildman–Crippen MR) is 93.0 cm³/mol. The Morgan fingerprint density at radius 1 is 1.42 bits per heavy atom. The molecule has 1 aromatic carbocycles. The first-order valence-corrected chi connectivity index (χ1v) is 8.56. The molecule has 1 aliphatic rings. The number of piperidine rings is 1. The first kappa shape index (κ1) is 16.6. The second-order valence-corrected chi connectivity index (χ2v) is 6.57. The quantitative estimate of drug-likeness (QED) is 0.918. The molecule has 3 rings (SSSR count). The lowest BCUT2D eigenvalue weighted by molar-refractivity contribution is -0.132. The average molecular weight is 327 g/mol. The van der Waals surface area contributed by atoms with E-state index in [0.717, 1.165) is 43.7 Å². The summed E-state index contributed by atoms with van der Waals surface area (Å²) in [5.41, 5.74) is 3.35. The molecular formula is C19H25N3O2. The lowest BCUT2D eigenvalue weighted by Crippen LogP contribution is -2.41. The van der Waals surface area contributed by atoms with E-state index in [9.17, 15) is 4.79 Å². The molecule has 2 aromatic rings. The number of nitrogens with zero attached hydrogens (tertiary/aromatic N) is 2. The molecule has 128 valence electrons. The van der Waals surface area contributed by atoms with Crippen molar-refractivity contribution in [1.82, 2.24) is 15.1 Å². The number of aromatic nitrogens is 2. The maximum Gasteiger partial charge on any atom is 0.227 e. The monoisotopic (exact) mass is 327 g/mol. The van der Waals surface area contributed by atoms with E-state index < -0.39 is 0 Å². The van der Waals surface area contributed by atoms with Gasteiger partial charge in [-0.2, -0.15) is 5.10 Å². The first-order chi connectivity index (χ1) is 11.7. The number of benzene rings is 1. The number of amides is 1. The summed E-state index contributed by atoms with van der Waals surface area (Å²) in [6, 6.07) is 7.75. The number of ether oxygens (including phenoxy) is 1. The van der Waals surface area contributed by atoms with E-state index in [2.05, 4.69) is 17.1 Å². The van der Waals surface area contributed by atoms with Crippen molar-refractivity contribution in [1.29, 1.82) is 0 Å². The minimum absolute atomic E-state index is 0.186. The van der Waals surface area contributed by atoms with Gasteiger partial charge in [0.15, 0.2) is 0 Å². The number of carbonyl (C=O) groups is 1. The Hall–Kier alpha value is -2.30. The summed E-state index contributed by atoms with van der Waals surface area (Å²) in [6.45, 7) is 3.76. The van der Waals surface area contributed by atoms with Gasteiger partial charge in [-0.05, 0) is 43.7 Å². The molecule has 0 saturated carbocycles. The minimum atomic E-state index is 0.186. The molecule has 5 heteroatoms. The molecule has 2 heterocycles. The van der Waals surface area contributed by atoms with Crippen molar-refractivity contribution in [2.75, 3.05) is 20.2 Å². The molecular weight excluding hydrogens is 302 g/mol. The zero-order valence-electron chi connectivity index (χ0n) is 14.4. The van der Waals surface area contributed by atoms with Crippen LogP contribution < -0.4 is 4.74 Å². The Morgan fingerprint density at radius 3 is 3.00 bits per heavy atom. The molecule has 24 heavy (non-hydrogen) atoms. The van der Waals surface area contributed by atoms with Gasteiger partial charge in [-0.3, -0.25) is 9.89 Å². The average Bonchev–Trinajstić information content (AvgIpc) is 3.00. The number of hydrogen-bond donors (Lipinski definition) is 1. The van der Waals surface area contributed by atoms with Gasteiger partial charge in [0.25, 0.3) is 0 Å². The predicted octanol–water partition coefficient (Wildman–Crippen LogP) is 2.75. The third kappa shape index (κ3) is 3.78. The lowest BCUT2D eigenvalue weighted by atomic mass is 9.92. The standard InChI is InChI=1S/C19H25N3O2/c1-14-12-20-21-17(14)10-15-6-5-9-22(13-15)19(23)11-16-7-3-4-8-18(16)24-2/h3-4,7-8,12,15H,5-6,9-11,13H2,1-2H3,(H,20,21)/t15-/m0/s1. The number of H-pyrrole nitrogens is 1. The number of para-hydroxylation sites is 1. The topological polar surface area (TPSA) is 58.2 Å². The number of nitrogens with one attached hydrogen (secondary N) is 1. The highest BCUT2D eigenvalue weighted by atomic mass is 16.5. The summed E-state index contributed by atoms with van der Waals surface area (Å²) in [6.07, 6.45) is 5.46. The number of aromatic amines is 1. The Balaban J connectivity index is 1.61. The van der Waals surface area contributed by atoms with E-state index in [1.165, 1.54) is 11.3 Å². The molecule has 1 aliphatic heterocycles. The summed E-state index contributed by atoms with van der Waals surface area (Å²) in [4.78, 5) is 14.7. The Morgan fingerprint density at radius 2 is 2.25 bits per heavy atom. The van der Waals surface area contributed by atoms with Crippen LogP contribution in [0.2, 0.25) is 0 Å². The summed E-state index contributed by atoms with van der Waals surface area (Å²) in [5.74, 6) is 1.47. The molecule has 1 saturated heterocycles. The molecule has 0 radical (unpaired) electrons. The Bertz CT molecular complexity index is 695. The van der Waals surface area contributed by atoms with Crippen molar-refractivity contribution in [2.45, 2.75) is 32.6 Å². The van der Waals surface area contributed by atoms with Crippen LogP contribution in [-0.4, -0.2) is 41.2 Å². The fourth-order valence-corrected chi connectivity index (χ4v) is 3.45. The van der Waals surface area contributed by atoms with Crippen molar-refractivity contribution in [3.63, 3.8) is 0 Å². The van der Waals surface area contributed by atoms with Crippen LogP contribution in [0.15, 0.2) is 30.5 Å². The number of carbonyl (C=O) groups excluding carboxylic acids is 1. The fraction of sp³-hybridized carbons (Fsp3) is 0.474. The number of hydrogen-bond acceptors (Lipinski definition) is 3. The third-order valence-corrected chi connectivity index (χ3v) is 4.83. The highest BCUT2D eigenvalue weighted by Gasteiger charge is 2.25. The van der Waals surface area contributed by atoms with Gasteiger partial charge in [0.1, 0.15) is 5.75 Å². The van der Waals surface area contributed by atoms with Crippen LogP contribution in [-0.2, 0) is 17.6 Å². The summed E-state index contributed by atoms with van der Waals surface area (Å²) in [7, 11) is 1.65. The minimum Gasteiger partial charge on any atom is -0.496 e. The molecule has 0 unspecified atom stereocenters. The Kier molecular flexibility index (Phi) is 5.18. The molecule has 0 bridgehead atoms. The van der Waals surface area contributed by atoms with Gasteiger partial charge in [0.2, 0.25) is 5.91 Å². The number of rotatable bonds is 5. The number of likely N-dealkylation sites (tertiary alicyclic amines) is 1. The molecule has 1 atom stereocenters. The van der Waals surface area contributed by atoms with E-state index in [-0.39, 0.29) is 5.91 Å². The van der Waals surface area contributed by atoms with Gasteiger partial charge in [0, 0.05) is 24.3 Å². The van der Waals surface area contributed by atoms with Gasteiger partial charge >= 0.3 is 0 Å². The van der Waals surface area contributed by atoms with E-state index in [4.69, 9.17) is 4.74 Å². The summed E-state index contributed by atoms with van der Waals surface area (Å²) in [5, 5.41) is 7.18. The molecule has 1 amide bonds. The largest absolute Gasteiger partial charge is 0.496 e. The zero-order valence-corrected chi connectivity index (χ0v) is 14.4. The van der Waals surface area contributed by atoms with Crippen molar-refractivity contribution < 1.29 is 9.53 Å². The van der Waals surface area contributed by atoms with Crippen LogP contribution >= 0.6 is 0 Å². The molecule has 0 aliphatic carbocycles. The van der Waals surface area contributed by atoms with E-state index in [1.807, 2.05) is 35.4 Å². The maximum absolute atomic E-state index is 12.7.